The summed E-state index contributed by atoms with van der Waals surface area (Å²) in [6.45, 7) is 1.59. The number of hydrogen-bond acceptors (Lipinski definition) is 17. The minimum Gasteiger partial charge on any atom is -0.462 e. The summed E-state index contributed by atoms with van der Waals surface area (Å²) in [6.07, 6.45) is 45.9. The number of phosphoric ester groups is 2. The molecule has 8 N–H and O–H groups in total. The summed E-state index contributed by atoms with van der Waals surface area (Å²) in [5.41, 5.74) is 4.56. The molecular weight excluding hydrogens is 1050 g/mol. The molecule has 2 rings (SSSR count). The Bertz CT molecular complexity index is 2420. The minimum absolute atomic E-state index is 0.0804. The number of phosphoric acid groups is 2. The van der Waals surface area contributed by atoms with E-state index in [2.05, 4.69) is 64.8 Å². The molecule has 2 unspecified atom stereocenters. The number of allylic oxidation sites excluding steroid dienone is 20. The second-order valence-corrected chi connectivity index (χ2v) is 20.3. The highest BCUT2D eigenvalue weighted by molar-refractivity contribution is 7.61. The number of aliphatic hydroxyl groups is 4. The van der Waals surface area contributed by atoms with Crippen LogP contribution in [0.5, 0.6) is 0 Å². The molecule has 0 aromatic carbocycles. The topological polar surface area (TPSA) is 306 Å². The van der Waals surface area contributed by atoms with E-state index in [0.29, 0.717) is 25.7 Å². The van der Waals surface area contributed by atoms with Gasteiger partial charge in [0.1, 0.15) is 30.7 Å². The van der Waals surface area contributed by atoms with Crippen molar-refractivity contribution >= 4 is 33.4 Å². The summed E-state index contributed by atoms with van der Waals surface area (Å²) < 4.78 is 56.5. The summed E-state index contributed by atoms with van der Waals surface area (Å²) in [5.74, 6) is -1.60. The van der Waals surface area contributed by atoms with E-state index < -0.39 is 95.9 Å². The van der Waals surface area contributed by atoms with Gasteiger partial charge in [-0.25, -0.2) is 13.9 Å². The molecule has 22 heteroatoms. The third kappa shape index (κ3) is 33.8. The standard InChI is InChI=1S/C56H81N3O17P2/c1-3-5-7-8-9-10-11-12-13-14-15-16-17-18-19-20-21-26-34-40-52(63)74-48(43-71-51(62)39-33-25-23-22-24-30-36-47(61)38-32-28-27-31-37-46(60)35-29-6-4-2)44-72-77(67,68)76-78(69,70)73-45-49-53(64)54(65)55(75-49)59-42-41-50(57)58-56(59)66/h5-7,9-10,12-13,15-16,18-19,21,23-32,37-38,41-42,46-49,53-55,60-61,64-65H,3-4,8,11,14,17,20,22,33-36,39-40,43-45H2,1-2H3,(H,67,68)(H,69,70)(H2,57,58,66)/b7-5-,10-9-,13-12-,16-15-,19-18-,25-23-,26-21-,28-27-,29-6-,30-24-,37-31+,38-32+/t46-,47+,48-,49-,53-,54-,55-/m1/s1. The van der Waals surface area contributed by atoms with Crippen LogP contribution in [0.3, 0.4) is 0 Å². The van der Waals surface area contributed by atoms with Crippen LogP contribution in [-0.4, -0.2) is 108 Å². The molecule has 1 fully saturated rings. The Morgan fingerprint density at radius 3 is 1.65 bits per heavy atom. The summed E-state index contributed by atoms with van der Waals surface area (Å²) in [7, 11) is -11.0. The van der Waals surface area contributed by atoms with Crippen LogP contribution in [0, 0.1) is 0 Å². The van der Waals surface area contributed by atoms with Crippen molar-refractivity contribution in [2.24, 2.45) is 0 Å². The van der Waals surface area contributed by atoms with E-state index in [1.54, 1.807) is 48.6 Å². The Balaban J connectivity index is 1.89. The molecule has 1 aromatic heterocycles. The van der Waals surface area contributed by atoms with Crippen molar-refractivity contribution in [1.82, 2.24) is 9.55 Å². The van der Waals surface area contributed by atoms with E-state index in [0.717, 1.165) is 49.3 Å². The fraction of sp³-hybridized carbons (Fsp3) is 0.464. The maximum Gasteiger partial charge on any atom is 0.481 e. The molecule has 2 heterocycles. The molecule has 1 aliphatic rings. The van der Waals surface area contributed by atoms with Gasteiger partial charge in [0, 0.05) is 19.0 Å². The molecule has 9 atom stereocenters. The van der Waals surface area contributed by atoms with Crippen LogP contribution in [0.2, 0.25) is 0 Å². The van der Waals surface area contributed by atoms with Crippen molar-refractivity contribution in [1.29, 1.82) is 0 Å². The van der Waals surface area contributed by atoms with Crippen LogP contribution in [0.1, 0.15) is 110 Å². The van der Waals surface area contributed by atoms with Gasteiger partial charge in [0.05, 0.1) is 25.4 Å². The van der Waals surface area contributed by atoms with E-state index in [1.807, 2.05) is 55.5 Å². The maximum absolute atomic E-state index is 12.9. The SMILES string of the molecule is CC/C=C\C/C=C\C/C=C\C/C=C\C/C=C\C/C=C\CCC(=O)O[C@H](COC(=O)CC/C=C\C/C=C\C[C@H](O)/C=C/C=C\C=C\[C@H](O)C/C=C\CC)COP(=O)(O)OP(=O)(O)OC[C@H]1O[C@@H](n2ccc(N)nc2=O)[C@H](O)[C@@H]1O. The first-order valence-corrected chi connectivity index (χ1v) is 29.1. The first kappa shape index (κ1) is 68.7. The van der Waals surface area contributed by atoms with Crippen LogP contribution in [0.4, 0.5) is 5.82 Å². The Labute approximate surface area is 458 Å². The van der Waals surface area contributed by atoms with Gasteiger partial charge in [0.15, 0.2) is 12.3 Å². The number of hydrogen-bond donors (Lipinski definition) is 7. The largest absolute Gasteiger partial charge is 0.481 e. The number of nitrogens with zero attached hydrogens (tertiary/aromatic N) is 2. The first-order valence-electron chi connectivity index (χ1n) is 26.1. The lowest BCUT2D eigenvalue weighted by Gasteiger charge is -2.21. The molecule has 1 saturated heterocycles. The van der Waals surface area contributed by atoms with Crippen molar-refractivity contribution in [3.8, 4) is 0 Å². The molecule has 20 nitrogen and oxygen atoms in total. The van der Waals surface area contributed by atoms with Gasteiger partial charge >= 0.3 is 33.3 Å². The second kappa shape index (κ2) is 41.6. The van der Waals surface area contributed by atoms with Crippen LogP contribution >= 0.6 is 15.6 Å². The van der Waals surface area contributed by atoms with Crippen molar-refractivity contribution in [2.45, 2.75) is 147 Å². The van der Waals surface area contributed by atoms with Gasteiger partial charge in [-0.15, -0.1) is 0 Å². The van der Waals surface area contributed by atoms with E-state index in [4.69, 9.17) is 29.0 Å². The van der Waals surface area contributed by atoms with Crippen molar-refractivity contribution < 1.29 is 76.5 Å². The highest BCUT2D eigenvalue weighted by Crippen LogP contribution is 2.60. The van der Waals surface area contributed by atoms with Crippen LogP contribution in [0.15, 0.2) is 163 Å². The Kier molecular flexibility index (Phi) is 36.6. The van der Waals surface area contributed by atoms with Crippen molar-refractivity contribution in [2.75, 3.05) is 25.6 Å². The van der Waals surface area contributed by atoms with Gasteiger partial charge in [-0.2, -0.15) is 9.29 Å². The van der Waals surface area contributed by atoms with Crippen LogP contribution in [0.25, 0.3) is 0 Å². The lowest BCUT2D eigenvalue weighted by Crippen LogP contribution is -2.36. The number of nitrogens with two attached hydrogens (primary N) is 1. The highest BCUT2D eigenvalue weighted by atomic mass is 31.3. The zero-order valence-corrected chi connectivity index (χ0v) is 46.4. The molecule has 0 saturated carbocycles. The number of nitrogen functional groups attached to an aromatic ring is 1. The fourth-order valence-electron chi connectivity index (χ4n) is 6.60. The zero-order chi connectivity index (χ0) is 57.3. The number of aliphatic hydroxyl groups excluding tert-OH is 4. The Hall–Kier alpha value is -5.44. The van der Waals surface area contributed by atoms with E-state index in [9.17, 15) is 53.7 Å². The average molecular weight is 1130 g/mol. The number of carbonyl (C=O) groups excluding carboxylic acids is 2. The second-order valence-electron chi connectivity index (χ2n) is 17.3. The minimum atomic E-state index is -5.49. The number of rotatable bonds is 40. The Morgan fingerprint density at radius 2 is 1.13 bits per heavy atom. The molecule has 0 spiro atoms. The van der Waals surface area contributed by atoms with Gasteiger partial charge in [0.25, 0.3) is 0 Å². The number of esters is 2. The Morgan fingerprint density at radius 1 is 0.667 bits per heavy atom. The fourth-order valence-corrected chi connectivity index (χ4v) is 8.71. The van der Waals surface area contributed by atoms with Gasteiger partial charge < -0.3 is 50.2 Å². The highest BCUT2D eigenvalue weighted by Gasteiger charge is 2.46. The normalized spacial score (nSPS) is 20.5. The van der Waals surface area contributed by atoms with Crippen LogP contribution < -0.4 is 11.4 Å². The predicted octanol–water partition coefficient (Wildman–Crippen LogP) is 9.05. The molecular formula is C56H81N3O17P2. The third-order valence-electron chi connectivity index (χ3n) is 10.6. The quantitative estimate of drug-likeness (QED) is 0.0139. The van der Waals surface area contributed by atoms with Crippen molar-refractivity contribution in [3.63, 3.8) is 0 Å². The van der Waals surface area contributed by atoms with E-state index in [-0.39, 0.29) is 31.5 Å². The van der Waals surface area contributed by atoms with Crippen LogP contribution in [-0.2, 0) is 46.3 Å². The van der Waals surface area contributed by atoms with E-state index in [1.165, 1.54) is 6.07 Å². The lowest BCUT2D eigenvalue weighted by molar-refractivity contribution is -0.161. The number of ether oxygens (including phenoxy) is 3. The molecule has 1 aromatic rings. The first-order chi connectivity index (χ1) is 37.5. The van der Waals surface area contributed by atoms with Gasteiger partial charge in [-0.3, -0.25) is 23.2 Å². The predicted molar refractivity (Wildman–Crippen MR) is 300 cm³/mol. The van der Waals surface area contributed by atoms with Gasteiger partial charge in [0.2, 0.25) is 0 Å². The summed E-state index contributed by atoms with van der Waals surface area (Å²) >= 11 is 0. The molecule has 0 aliphatic carbocycles. The maximum atomic E-state index is 12.9. The zero-order valence-electron chi connectivity index (χ0n) is 44.6. The number of carbonyl (C=O) groups is 2. The molecule has 432 valence electrons. The lowest BCUT2D eigenvalue weighted by atomic mass is 10.1. The summed E-state index contributed by atoms with van der Waals surface area (Å²) in [4.78, 5) is 61.9. The average Bonchev–Trinajstić information content (AvgIpc) is 3.71. The monoisotopic (exact) mass is 1130 g/mol. The van der Waals surface area contributed by atoms with Gasteiger partial charge in [-0.1, -0.05) is 160 Å². The molecule has 1 aliphatic heterocycles. The van der Waals surface area contributed by atoms with Gasteiger partial charge in [-0.05, 0) is 83.1 Å². The molecule has 0 radical (unpaired) electrons. The summed E-state index contributed by atoms with van der Waals surface area (Å²) in [5, 5.41) is 41.0. The number of aromatic nitrogens is 2. The molecule has 0 amide bonds. The smallest absolute Gasteiger partial charge is 0.462 e. The third-order valence-corrected chi connectivity index (χ3v) is 13.2. The molecule has 0 bridgehead atoms. The molecule has 78 heavy (non-hydrogen) atoms. The van der Waals surface area contributed by atoms with E-state index >= 15 is 0 Å². The number of anilines is 1. The van der Waals surface area contributed by atoms with Crippen molar-refractivity contribution in [3.05, 3.63) is 169 Å². The summed E-state index contributed by atoms with van der Waals surface area (Å²) in [6, 6.07) is 1.23.